The van der Waals surface area contributed by atoms with Gasteiger partial charge in [-0.25, -0.2) is 9.67 Å². The van der Waals surface area contributed by atoms with Crippen LogP contribution in [0.25, 0.3) is 21.8 Å². The fourth-order valence-corrected chi connectivity index (χ4v) is 5.23. The van der Waals surface area contributed by atoms with Crippen LogP contribution in [0, 0.1) is 0 Å². The molecule has 0 aliphatic rings. The summed E-state index contributed by atoms with van der Waals surface area (Å²) in [5, 5.41) is 6.04. The molecular formula is C30H30N6O3S. The van der Waals surface area contributed by atoms with Crippen LogP contribution in [0.3, 0.4) is 0 Å². The third kappa shape index (κ3) is 6.23. The van der Waals surface area contributed by atoms with Crippen molar-refractivity contribution in [3.05, 3.63) is 100.0 Å². The molecular weight excluding hydrogens is 524 g/mol. The Morgan fingerprint density at radius 2 is 1.60 bits per heavy atom. The summed E-state index contributed by atoms with van der Waals surface area (Å²) in [7, 11) is 0. The van der Waals surface area contributed by atoms with E-state index in [-0.39, 0.29) is 11.3 Å². The number of thioether (sulfide) groups is 1. The number of imidazole rings is 1. The summed E-state index contributed by atoms with van der Waals surface area (Å²) in [6, 6.07) is 21.9. The maximum absolute atomic E-state index is 13.1. The number of para-hydroxylation sites is 2. The number of fused-ring (bicyclic) bond motifs is 2. The molecule has 2 amide bonds. The van der Waals surface area contributed by atoms with Gasteiger partial charge in [0.25, 0.3) is 17.4 Å². The Bertz CT molecular complexity index is 1680. The Hall–Kier alpha value is -4.44. The Labute approximate surface area is 235 Å². The fraction of sp³-hybridized carbons (Fsp3) is 0.233. The summed E-state index contributed by atoms with van der Waals surface area (Å²) in [5.41, 5.74) is 8.12. The number of rotatable bonds is 10. The van der Waals surface area contributed by atoms with Crippen LogP contribution in [0.1, 0.15) is 59.0 Å². The van der Waals surface area contributed by atoms with E-state index in [1.165, 1.54) is 4.68 Å². The summed E-state index contributed by atoms with van der Waals surface area (Å²) >= 11 is 1.58. The number of aryl methyl sites for hydroxylation is 1. The van der Waals surface area contributed by atoms with E-state index in [9.17, 15) is 14.4 Å². The van der Waals surface area contributed by atoms with E-state index in [1.807, 2.05) is 36.4 Å². The first-order chi connectivity index (χ1) is 19.5. The number of benzene rings is 3. The van der Waals surface area contributed by atoms with E-state index >= 15 is 0 Å². The highest BCUT2D eigenvalue weighted by atomic mass is 32.2. The van der Waals surface area contributed by atoms with Gasteiger partial charge >= 0.3 is 0 Å². The summed E-state index contributed by atoms with van der Waals surface area (Å²) in [6.45, 7) is 2.55. The molecule has 40 heavy (non-hydrogen) atoms. The number of nitrogens with zero attached hydrogens (tertiary/aromatic N) is 3. The van der Waals surface area contributed by atoms with Crippen LogP contribution < -0.4 is 16.4 Å². The summed E-state index contributed by atoms with van der Waals surface area (Å²) in [5.74, 6) is -0.363. The largest absolute Gasteiger partial charge is 0.333 e. The van der Waals surface area contributed by atoms with Gasteiger partial charge in [-0.15, -0.1) is 0 Å². The van der Waals surface area contributed by atoms with Crippen molar-refractivity contribution in [2.75, 3.05) is 0 Å². The van der Waals surface area contributed by atoms with Gasteiger partial charge in [0.1, 0.15) is 0 Å². The van der Waals surface area contributed by atoms with Crippen LogP contribution in [-0.4, -0.2) is 31.6 Å². The third-order valence-corrected chi connectivity index (χ3v) is 7.50. The van der Waals surface area contributed by atoms with Gasteiger partial charge in [-0.05, 0) is 42.3 Å². The summed E-state index contributed by atoms with van der Waals surface area (Å²) in [4.78, 5) is 46.6. The smallest absolute Gasteiger partial charge is 0.290 e. The fourth-order valence-electron chi connectivity index (χ4n) is 4.39. The Balaban J connectivity index is 1.21. The second-order valence-corrected chi connectivity index (χ2v) is 10.4. The quantitative estimate of drug-likeness (QED) is 0.124. The molecule has 2 aromatic heterocycles. The van der Waals surface area contributed by atoms with Gasteiger partial charge in [-0.1, -0.05) is 80.4 Å². The molecule has 10 heteroatoms. The highest BCUT2D eigenvalue weighted by Gasteiger charge is 2.17. The average Bonchev–Trinajstić information content (AvgIpc) is 3.41. The van der Waals surface area contributed by atoms with Crippen molar-refractivity contribution in [3.63, 3.8) is 0 Å². The molecule has 0 fully saturated rings. The first-order valence-corrected chi connectivity index (χ1v) is 14.3. The van der Waals surface area contributed by atoms with Crippen molar-refractivity contribution >= 4 is 45.4 Å². The molecule has 0 unspecified atom stereocenters. The number of carbonyl (C=O) groups is 2. The van der Waals surface area contributed by atoms with Crippen LogP contribution in [0.5, 0.6) is 0 Å². The average molecular weight is 555 g/mol. The minimum atomic E-state index is -0.592. The Morgan fingerprint density at radius 3 is 2.38 bits per heavy atom. The van der Waals surface area contributed by atoms with E-state index in [4.69, 9.17) is 0 Å². The number of hydrogen-bond acceptors (Lipinski definition) is 6. The van der Waals surface area contributed by atoms with Gasteiger partial charge in [0.15, 0.2) is 10.9 Å². The normalized spacial score (nSPS) is 11.1. The molecule has 0 spiro atoms. The SMILES string of the molecule is CCCCCCn1nc(C(=O)NNC(=O)c2ccc(CSc3nc4ccccc4[nH]3)cc2)c2ccccc2c1=O. The molecule has 9 nitrogen and oxygen atoms in total. The lowest BCUT2D eigenvalue weighted by Crippen LogP contribution is -2.42. The number of aromatic nitrogens is 4. The monoisotopic (exact) mass is 554 g/mol. The van der Waals surface area contributed by atoms with Crippen LogP contribution in [-0.2, 0) is 12.3 Å². The van der Waals surface area contributed by atoms with Crippen LogP contribution in [0.15, 0.2) is 82.7 Å². The van der Waals surface area contributed by atoms with Gasteiger partial charge in [0, 0.05) is 23.2 Å². The molecule has 2 heterocycles. The van der Waals surface area contributed by atoms with Crippen molar-refractivity contribution in [1.82, 2.24) is 30.6 Å². The minimum Gasteiger partial charge on any atom is -0.333 e. The van der Waals surface area contributed by atoms with Gasteiger partial charge < -0.3 is 4.98 Å². The molecule has 0 atom stereocenters. The number of hydrazine groups is 1. The number of unbranched alkanes of at least 4 members (excludes halogenated alkanes) is 3. The first-order valence-electron chi connectivity index (χ1n) is 13.3. The molecule has 0 aliphatic carbocycles. The zero-order valence-corrected chi connectivity index (χ0v) is 23.0. The van der Waals surface area contributed by atoms with Crippen LogP contribution >= 0.6 is 11.8 Å². The van der Waals surface area contributed by atoms with Crippen LogP contribution in [0.4, 0.5) is 0 Å². The lowest BCUT2D eigenvalue weighted by atomic mass is 10.1. The lowest BCUT2D eigenvalue weighted by molar-refractivity contribution is 0.0843. The summed E-state index contributed by atoms with van der Waals surface area (Å²) < 4.78 is 1.34. The molecule has 204 valence electrons. The second-order valence-electron chi connectivity index (χ2n) is 9.44. The molecule has 3 N–H and O–H groups in total. The number of amides is 2. The van der Waals surface area contributed by atoms with Crippen molar-refractivity contribution in [1.29, 1.82) is 0 Å². The van der Waals surface area contributed by atoms with E-state index in [0.717, 1.165) is 47.4 Å². The van der Waals surface area contributed by atoms with Gasteiger partial charge in [0.2, 0.25) is 0 Å². The van der Waals surface area contributed by atoms with Gasteiger partial charge in [0.05, 0.1) is 16.4 Å². The van der Waals surface area contributed by atoms with E-state index in [1.54, 1.807) is 48.2 Å². The number of aromatic amines is 1. The molecule has 0 saturated heterocycles. The van der Waals surface area contributed by atoms with Gasteiger partial charge in [-0.3, -0.25) is 25.2 Å². The Morgan fingerprint density at radius 1 is 0.875 bits per heavy atom. The first kappa shape index (κ1) is 27.1. The molecule has 0 bridgehead atoms. The van der Waals surface area contributed by atoms with Crippen molar-refractivity contribution in [2.24, 2.45) is 0 Å². The predicted octanol–water partition coefficient (Wildman–Crippen LogP) is 5.22. The highest BCUT2D eigenvalue weighted by Crippen LogP contribution is 2.23. The number of H-pyrrole nitrogens is 1. The number of carbonyl (C=O) groups excluding carboxylic acids is 2. The van der Waals surface area contributed by atoms with E-state index in [0.29, 0.717) is 28.6 Å². The predicted molar refractivity (Wildman–Crippen MR) is 157 cm³/mol. The molecule has 0 saturated carbocycles. The van der Waals surface area contributed by atoms with Crippen LogP contribution in [0.2, 0.25) is 0 Å². The standard InChI is InChI=1S/C30H30N6O3S/c1-2-3-4-9-18-36-29(39)23-11-6-5-10-22(23)26(35-36)28(38)34-33-27(37)21-16-14-20(15-17-21)19-40-30-31-24-12-7-8-13-25(24)32-30/h5-8,10-17H,2-4,9,18-19H2,1H3,(H,31,32)(H,33,37)(H,34,38). The molecule has 3 aromatic carbocycles. The van der Waals surface area contributed by atoms with Crippen molar-refractivity contribution in [3.8, 4) is 0 Å². The van der Waals surface area contributed by atoms with Gasteiger partial charge in [-0.2, -0.15) is 5.10 Å². The lowest BCUT2D eigenvalue weighted by Gasteiger charge is -2.12. The molecule has 0 radical (unpaired) electrons. The van der Waals surface area contributed by atoms with Crippen molar-refractivity contribution < 1.29 is 9.59 Å². The maximum Gasteiger partial charge on any atom is 0.290 e. The summed E-state index contributed by atoms with van der Waals surface area (Å²) in [6.07, 6.45) is 3.93. The maximum atomic E-state index is 13.1. The van der Waals surface area contributed by atoms with Crippen molar-refractivity contribution in [2.45, 2.75) is 50.1 Å². The molecule has 5 aromatic rings. The Kier molecular flexibility index (Phi) is 8.56. The number of nitrogens with one attached hydrogen (secondary N) is 3. The highest BCUT2D eigenvalue weighted by molar-refractivity contribution is 7.98. The topological polar surface area (TPSA) is 122 Å². The molecule has 0 aliphatic heterocycles. The zero-order valence-electron chi connectivity index (χ0n) is 22.1. The number of hydrogen-bond donors (Lipinski definition) is 3. The third-order valence-electron chi connectivity index (χ3n) is 6.56. The molecule has 5 rings (SSSR count). The van der Waals surface area contributed by atoms with E-state index in [2.05, 4.69) is 32.8 Å². The second kappa shape index (κ2) is 12.6. The minimum absolute atomic E-state index is 0.0870. The zero-order chi connectivity index (χ0) is 27.9. The van der Waals surface area contributed by atoms with E-state index < -0.39 is 11.8 Å².